The second kappa shape index (κ2) is 4.37. The zero-order valence-corrected chi connectivity index (χ0v) is 10.4. The van der Waals surface area contributed by atoms with Crippen molar-refractivity contribution in [1.29, 1.82) is 0 Å². The molecule has 0 bridgehead atoms. The molecule has 19 heavy (non-hydrogen) atoms. The number of hydrogen-bond acceptors (Lipinski definition) is 3. The fourth-order valence-electron chi connectivity index (χ4n) is 1.77. The van der Waals surface area contributed by atoms with Gasteiger partial charge in [-0.3, -0.25) is 0 Å². The third kappa shape index (κ3) is 2.04. The highest BCUT2D eigenvalue weighted by molar-refractivity contribution is 6.33. The Labute approximate surface area is 113 Å². The van der Waals surface area contributed by atoms with Crippen molar-refractivity contribution in [2.75, 3.05) is 0 Å². The van der Waals surface area contributed by atoms with Gasteiger partial charge in [-0.2, -0.15) is 0 Å². The molecule has 1 aromatic carbocycles. The van der Waals surface area contributed by atoms with Gasteiger partial charge in [-0.15, -0.1) is 5.10 Å². The zero-order valence-electron chi connectivity index (χ0n) is 9.62. The number of rotatable bonds is 2. The molecule has 1 N–H and O–H groups in total. The highest BCUT2D eigenvalue weighted by Gasteiger charge is 2.11. The smallest absolute Gasteiger partial charge is 0.337 e. The van der Waals surface area contributed by atoms with Gasteiger partial charge in [0.25, 0.3) is 0 Å². The number of carboxylic acid groups (broad SMARTS) is 1. The van der Waals surface area contributed by atoms with Crippen molar-refractivity contribution in [3.63, 3.8) is 0 Å². The van der Waals surface area contributed by atoms with E-state index < -0.39 is 5.97 Å². The number of carbonyl (C=O) groups is 1. The van der Waals surface area contributed by atoms with Gasteiger partial charge in [-0.1, -0.05) is 23.7 Å². The molecule has 5 nitrogen and oxygen atoms in total. The minimum Gasteiger partial charge on any atom is -0.478 e. The van der Waals surface area contributed by atoms with Gasteiger partial charge in [0.05, 0.1) is 10.6 Å². The maximum atomic E-state index is 10.9. The van der Waals surface area contributed by atoms with Crippen LogP contribution in [0.2, 0.25) is 5.02 Å². The first-order valence-electron chi connectivity index (χ1n) is 5.50. The molecule has 0 fully saturated rings. The molecule has 0 saturated carbocycles. The summed E-state index contributed by atoms with van der Waals surface area (Å²) in [6.07, 6.45) is 1.42. The van der Waals surface area contributed by atoms with Gasteiger partial charge in [0.2, 0.25) is 0 Å². The predicted molar refractivity (Wildman–Crippen MR) is 70.4 cm³/mol. The molecule has 94 valence electrons. The summed E-state index contributed by atoms with van der Waals surface area (Å²) in [4.78, 5) is 15.2. The first-order valence-corrected chi connectivity index (χ1v) is 5.87. The fourth-order valence-corrected chi connectivity index (χ4v) is 1.99. The van der Waals surface area contributed by atoms with Crippen molar-refractivity contribution in [2.24, 2.45) is 0 Å². The van der Waals surface area contributed by atoms with Crippen molar-refractivity contribution in [3.8, 4) is 11.4 Å². The summed E-state index contributed by atoms with van der Waals surface area (Å²) in [7, 11) is 0. The lowest BCUT2D eigenvalue weighted by atomic mass is 10.2. The number of aromatic carboxylic acids is 1. The topological polar surface area (TPSA) is 67.5 Å². The lowest BCUT2D eigenvalue weighted by Crippen LogP contribution is -1.99. The zero-order chi connectivity index (χ0) is 13.4. The van der Waals surface area contributed by atoms with E-state index in [0.717, 1.165) is 0 Å². The molecule has 0 amide bonds. The van der Waals surface area contributed by atoms with Crippen LogP contribution in [0.1, 0.15) is 10.4 Å². The predicted octanol–water partition coefficient (Wildman–Crippen LogP) is 2.75. The first kappa shape index (κ1) is 11.7. The van der Waals surface area contributed by atoms with E-state index in [1.54, 1.807) is 12.1 Å². The Bertz CT molecular complexity index is 782. The summed E-state index contributed by atoms with van der Waals surface area (Å²) in [5.41, 5.74) is 1.44. The van der Waals surface area contributed by atoms with Crippen molar-refractivity contribution >= 4 is 23.2 Å². The number of aromatic nitrogens is 3. The van der Waals surface area contributed by atoms with Crippen LogP contribution in [0.25, 0.3) is 17.0 Å². The van der Waals surface area contributed by atoms with Gasteiger partial charge in [0.1, 0.15) is 0 Å². The van der Waals surface area contributed by atoms with Gasteiger partial charge >= 0.3 is 5.97 Å². The van der Waals surface area contributed by atoms with E-state index in [-0.39, 0.29) is 5.56 Å². The molecule has 2 heterocycles. The average molecular weight is 274 g/mol. The van der Waals surface area contributed by atoms with Crippen LogP contribution in [-0.4, -0.2) is 25.7 Å². The van der Waals surface area contributed by atoms with Crippen molar-refractivity contribution < 1.29 is 9.90 Å². The molecule has 0 spiro atoms. The molecule has 0 aliphatic rings. The Hall–Kier alpha value is -2.40. The summed E-state index contributed by atoms with van der Waals surface area (Å²) in [5, 5.41) is 13.7. The Kier molecular flexibility index (Phi) is 2.68. The van der Waals surface area contributed by atoms with Crippen LogP contribution in [0.5, 0.6) is 0 Å². The Morgan fingerprint density at radius 3 is 2.74 bits per heavy atom. The minimum absolute atomic E-state index is 0.156. The van der Waals surface area contributed by atoms with E-state index >= 15 is 0 Å². The van der Waals surface area contributed by atoms with Crippen LogP contribution in [0, 0.1) is 0 Å². The standard InChI is InChI=1S/C13H8ClN3O2/c14-10-4-2-1-3-9(10)12-15-11-6-5-8(13(18)19)7-17(11)16-12/h1-7H,(H,18,19). The van der Waals surface area contributed by atoms with Crippen LogP contribution in [-0.2, 0) is 0 Å². The number of benzene rings is 1. The van der Waals surface area contributed by atoms with Crippen molar-refractivity contribution in [3.05, 3.63) is 53.2 Å². The van der Waals surface area contributed by atoms with Gasteiger partial charge in [-0.25, -0.2) is 14.3 Å². The van der Waals surface area contributed by atoms with E-state index in [0.29, 0.717) is 22.1 Å². The average Bonchev–Trinajstić information content (AvgIpc) is 2.81. The van der Waals surface area contributed by atoms with E-state index in [1.807, 2.05) is 18.2 Å². The van der Waals surface area contributed by atoms with Gasteiger partial charge in [0.15, 0.2) is 11.5 Å². The van der Waals surface area contributed by atoms with Crippen LogP contribution in [0.4, 0.5) is 0 Å². The Morgan fingerprint density at radius 2 is 2.00 bits per heavy atom. The highest BCUT2D eigenvalue weighted by atomic mass is 35.5. The van der Waals surface area contributed by atoms with Crippen LogP contribution in [0.15, 0.2) is 42.6 Å². The molecule has 0 radical (unpaired) electrons. The normalized spacial score (nSPS) is 10.8. The molecule has 0 saturated heterocycles. The monoisotopic (exact) mass is 273 g/mol. The number of carboxylic acids is 1. The second-order valence-corrected chi connectivity index (χ2v) is 4.35. The van der Waals surface area contributed by atoms with E-state index in [1.165, 1.54) is 16.8 Å². The SMILES string of the molecule is O=C(O)c1ccc2nc(-c3ccccc3Cl)nn2c1. The lowest BCUT2D eigenvalue weighted by Gasteiger charge is -1.96. The van der Waals surface area contributed by atoms with Crippen LogP contribution in [0.3, 0.4) is 0 Å². The maximum Gasteiger partial charge on any atom is 0.337 e. The summed E-state index contributed by atoms with van der Waals surface area (Å²) in [6.45, 7) is 0. The number of pyridine rings is 1. The van der Waals surface area contributed by atoms with E-state index in [9.17, 15) is 4.79 Å². The van der Waals surface area contributed by atoms with Crippen LogP contribution < -0.4 is 0 Å². The third-order valence-electron chi connectivity index (χ3n) is 2.69. The second-order valence-electron chi connectivity index (χ2n) is 3.94. The minimum atomic E-state index is -1.00. The van der Waals surface area contributed by atoms with Crippen LogP contribution >= 0.6 is 11.6 Å². The van der Waals surface area contributed by atoms with Crippen molar-refractivity contribution in [2.45, 2.75) is 0 Å². The Morgan fingerprint density at radius 1 is 1.21 bits per heavy atom. The number of hydrogen-bond donors (Lipinski definition) is 1. The molecule has 0 aliphatic heterocycles. The number of fused-ring (bicyclic) bond motifs is 1. The third-order valence-corrected chi connectivity index (χ3v) is 3.02. The molecular weight excluding hydrogens is 266 g/mol. The summed E-state index contributed by atoms with van der Waals surface area (Å²) in [5.74, 6) is -0.537. The Balaban J connectivity index is 2.17. The fraction of sp³-hybridized carbons (Fsp3) is 0. The first-order chi connectivity index (χ1) is 9.15. The molecule has 3 aromatic rings. The van der Waals surface area contributed by atoms with E-state index in [4.69, 9.17) is 16.7 Å². The maximum absolute atomic E-state index is 10.9. The number of nitrogens with zero attached hydrogens (tertiary/aromatic N) is 3. The molecule has 0 aliphatic carbocycles. The number of halogens is 1. The summed E-state index contributed by atoms with van der Waals surface area (Å²) >= 11 is 6.08. The van der Waals surface area contributed by atoms with Crippen molar-refractivity contribution in [1.82, 2.24) is 14.6 Å². The largest absolute Gasteiger partial charge is 0.478 e. The molecular formula is C13H8ClN3O2. The molecule has 2 aromatic heterocycles. The molecule has 6 heteroatoms. The van der Waals surface area contributed by atoms with Gasteiger partial charge in [0, 0.05) is 11.8 Å². The lowest BCUT2D eigenvalue weighted by molar-refractivity contribution is 0.0696. The quantitative estimate of drug-likeness (QED) is 0.779. The summed E-state index contributed by atoms with van der Waals surface area (Å²) < 4.78 is 1.43. The molecule has 0 unspecified atom stereocenters. The molecule has 0 atom stereocenters. The highest BCUT2D eigenvalue weighted by Crippen LogP contribution is 2.25. The van der Waals surface area contributed by atoms with Gasteiger partial charge < -0.3 is 5.11 Å². The summed E-state index contributed by atoms with van der Waals surface area (Å²) in [6, 6.07) is 10.3. The van der Waals surface area contributed by atoms with E-state index in [2.05, 4.69) is 10.1 Å². The molecule has 3 rings (SSSR count). The van der Waals surface area contributed by atoms with Gasteiger partial charge in [-0.05, 0) is 24.3 Å².